The molecule has 0 radical (unpaired) electrons. The molecule has 4 nitrogen and oxygen atoms in total. The third-order valence-electron chi connectivity index (χ3n) is 4.06. The van der Waals surface area contributed by atoms with Crippen LogP contribution in [-0.4, -0.2) is 30.7 Å². The lowest BCUT2D eigenvalue weighted by molar-refractivity contribution is -0.133. The molecule has 3 atom stereocenters. The van der Waals surface area contributed by atoms with Crippen molar-refractivity contribution in [2.24, 2.45) is 17.1 Å². The minimum Gasteiger partial charge on any atom is -0.364 e. The molecule has 1 fully saturated rings. The third kappa shape index (κ3) is 5.41. The predicted octanol–water partition coefficient (Wildman–Crippen LogP) is 2.46. The number of nitrogens with one attached hydrogen (secondary N) is 1. The second kappa shape index (κ2) is 7.41. The lowest BCUT2D eigenvalue weighted by atomic mass is 9.82. The summed E-state index contributed by atoms with van der Waals surface area (Å²) < 4.78 is 5.67. The lowest BCUT2D eigenvalue weighted by Gasteiger charge is -2.33. The van der Waals surface area contributed by atoms with Gasteiger partial charge in [0.1, 0.15) is 6.10 Å². The molecule has 1 aliphatic heterocycles. The van der Waals surface area contributed by atoms with E-state index in [4.69, 9.17) is 10.5 Å². The van der Waals surface area contributed by atoms with Crippen LogP contribution in [0.15, 0.2) is 0 Å². The largest absolute Gasteiger partial charge is 0.364 e. The highest BCUT2D eigenvalue weighted by atomic mass is 16.5. The van der Waals surface area contributed by atoms with Crippen LogP contribution in [0.2, 0.25) is 0 Å². The van der Waals surface area contributed by atoms with Crippen LogP contribution in [0.4, 0.5) is 0 Å². The second-order valence-electron chi connectivity index (χ2n) is 7.46. The molecule has 1 heterocycles. The summed E-state index contributed by atoms with van der Waals surface area (Å²) in [6, 6.07) is 0.193. The van der Waals surface area contributed by atoms with E-state index in [1.165, 1.54) is 0 Å². The number of nitrogens with two attached hydrogens (primary N) is 1. The zero-order valence-corrected chi connectivity index (χ0v) is 13.7. The fraction of sp³-hybridized carbons (Fsp3) is 0.938. The van der Waals surface area contributed by atoms with Gasteiger partial charge in [0.15, 0.2) is 0 Å². The van der Waals surface area contributed by atoms with Gasteiger partial charge in [0.25, 0.3) is 0 Å². The third-order valence-corrected chi connectivity index (χ3v) is 4.06. The summed E-state index contributed by atoms with van der Waals surface area (Å²) in [6.07, 6.45) is 3.55. The van der Waals surface area contributed by atoms with Gasteiger partial charge in [-0.3, -0.25) is 4.79 Å². The number of carbonyl (C=O) groups is 1. The van der Waals surface area contributed by atoms with Crippen LogP contribution >= 0.6 is 0 Å². The van der Waals surface area contributed by atoms with Crippen molar-refractivity contribution in [3.05, 3.63) is 0 Å². The Morgan fingerprint density at radius 2 is 1.95 bits per heavy atom. The number of hydrogen-bond acceptors (Lipinski definition) is 3. The van der Waals surface area contributed by atoms with Crippen molar-refractivity contribution >= 4 is 5.91 Å². The van der Waals surface area contributed by atoms with E-state index in [-0.39, 0.29) is 29.6 Å². The van der Waals surface area contributed by atoms with Crippen molar-refractivity contribution in [1.82, 2.24) is 5.32 Å². The molecule has 0 spiro atoms. The van der Waals surface area contributed by atoms with Gasteiger partial charge in [-0.05, 0) is 37.0 Å². The van der Waals surface area contributed by atoms with Gasteiger partial charge in [-0.1, -0.05) is 34.6 Å². The van der Waals surface area contributed by atoms with Crippen molar-refractivity contribution in [2.75, 3.05) is 6.54 Å². The summed E-state index contributed by atoms with van der Waals surface area (Å²) in [5.41, 5.74) is 5.66. The van der Waals surface area contributed by atoms with Gasteiger partial charge in [-0.2, -0.15) is 0 Å². The van der Waals surface area contributed by atoms with Gasteiger partial charge in [-0.25, -0.2) is 0 Å². The Labute approximate surface area is 123 Å². The van der Waals surface area contributed by atoms with Crippen molar-refractivity contribution in [2.45, 2.75) is 78.6 Å². The first kappa shape index (κ1) is 17.4. The Morgan fingerprint density at radius 3 is 2.40 bits per heavy atom. The van der Waals surface area contributed by atoms with Gasteiger partial charge < -0.3 is 15.8 Å². The molecule has 118 valence electrons. The fourth-order valence-electron chi connectivity index (χ4n) is 2.56. The smallest absolute Gasteiger partial charge is 0.249 e. The average Bonchev–Trinajstić information content (AvgIpc) is 2.81. The number of hydrogen-bond donors (Lipinski definition) is 2. The maximum absolute atomic E-state index is 12.3. The van der Waals surface area contributed by atoms with Crippen LogP contribution in [0.5, 0.6) is 0 Å². The Bertz CT molecular complexity index is 310. The summed E-state index contributed by atoms with van der Waals surface area (Å²) >= 11 is 0. The molecular weight excluding hydrogens is 252 g/mol. The molecule has 0 aromatic carbocycles. The Balaban J connectivity index is 2.54. The molecule has 0 aliphatic carbocycles. The molecule has 1 saturated heterocycles. The van der Waals surface area contributed by atoms with Gasteiger partial charge in [-0.15, -0.1) is 0 Å². The van der Waals surface area contributed by atoms with E-state index < -0.39 is 0 Å². The van der Waals surface area contributed by atoms with Crippen molar-refractivity contribution in [3.63, 3.8) is 0 Å². The number of ether oxygens (including phenoxy) is 1. The molecular formula is C16H32N2O2. The van der Waals surface area contributed by atoms with Crippen LogP contribution in [0.1, 0.15) is 60.3 Å². The van der Waals surface area contributed by atoms with Crippen LogP contribution in [-0.2, 0) is 9.53 Å². The first-order chi connectivity index (χ1) is 9.24. The molecule has 1 aliphatic rings. The standard InChI is InChI=1S/C16H32N2O2/c1-11(2)6-9-14(16(3,4)5)18-15(19)13-8-7-12(10-17)20-13/h11-14H,6-10,17H2,1-5H3,(H,18,19)/t12-,13+,14?/m1/s1. The summed E-state index contributed by atoms with van der Waals surface area (Å²) in [5.74, 6) is 0.686. The summed E-state index contributed by atoms with van der Waals surface area (Å²) in [5, 5.41) is 3.19. The van der Waals surface area contributed by atoms with E-state index in [9.17, 15) is 4.79 Å². The number of carbonyl (C=O) groups excluding carboxylic acids is 1. The second-order valence-corrected chi connectivity index (χ2v) is 7.46. The molecule has 1 rings (SSSR count). The average molecular weight is 284 g/mol. The van der Waals surface area contributed by atoms with E-state index in [1.807, 2.05) is 0 Å². The zero-order valence-electron chi connectivity index (χ0n) is 13.7. The van der Waals surface area contributed by atoms with Gasteiger partial charge in [0, 0.05) is 12.6 Å². The van der Waals surface area contributed by atoms with Crippen LogP contribution in [0, 0.1) is 11.3 Å². The normalized spacial score (nSPS) is 24.9. The highest BCUT2D eigenvalue weighted by Crippen LogP contribution is 2.26. The minimum absolute atomic E-state index is 0.0321. The maximum Gasteiger partial charge on any atom is 0.249 e. The SMILES string of the molecule is CC(C)CCC(NC(=O)[C@@H]1CC[C@H](CN)O1)C(C)(C)C. The minimum atomic E-state index is -0.313. The Morgan fingerprint density at radius 1 is 1.30 bits per heavy atom. The molecule has 3 N–H and O–H groups in total. The van der Waals surface area contributed by atoms with Gasteiger partial charge >= 0.3 is 0 Å². The zero-order chi connectivity index (χ0) is 15.3. The van der Waals surface area contributed by atoms with E-state index in [1.54, 1.807) is 0 Å². The Hall–Kier alpha value is -0.610. The summed E-state index contributed by atoms with van der Waals surface area (Å²) in [6.45, 7) is 11.5. The van der Waals surface area contributed by atoms with Crippen molar-refractivity contribution < 1.29 is 9.53 Å². The van der Waals surface area contributed by atoms with Crippen molar-refractivity contribution in [3.8, 4) is 0 Å². The molecule has 0 aromatic heterocycles. The maximum atomic E-state index is 12.3. The van der Waals surface area contributed by atoms with E-state index in [0.717, 1.165) is 25.7 Å². The molecule has 0 saturated carbocycles. The number of amides is 1. The highest BCUT2D eigenvalue weighted by Gasteiger charge is 2.33. The molecule has 20 heavy (non-hydrogen) atoms. The molecule has 0 aromatic rings. The predicted molar refractivity (Wildman–Crippen MR) is 82.4 cm³/mol. The first-order valence-electron chi connectivity index (χ1n) is 7.90. The summed E-state index contributed by atoms with van der Waals surface area (Å²) in [7, 11) is 0. The monoisotopic (exact) mass is 284 g/mol. The number of rotatable bonds is 6. The quantitative estimate of drug-likeness (QED) is 0.787. The summed E-state index contributed by atoms with van der Waals surface area (Å²) in [4.78, 5) is 12.3. The topological polar surface area (TPSA) is 64.4 Å². The van der Waals surface area contributed by atoms with E-state index in [2.05, 4.69) is 39.9 Å². The molecule has 4 heteroatoms. The van der Waals surface area contributed by atoms with Crippen LogP contribution < -0.4 is 11.1 Å². The molecule has 1 amide bonds. The van der Waals surface area contributed by atoms with Crippen LogP contribution in [0.25, 0.3) is 0 Å². The Kier molecular flexibility index (Phi) is 6.46. The molecule has 1 unspecified atom stereocenters. The van der Waals surface area contributed by atoms with E-state index in [0.29, 0.717) is 12.5 Å². The first-order valence-corrected chi connectivity index (χ1v) is 7.90. The van der Waals surface area contributed by atoms with E-state index >= 15 is 0 Å². The fourth-order valence-corrected chi connectivity index (χ4v) is 2.56. The van der Waals surface area contributed by atoms with Gasteiger partial charge in [0.05, 0.1) is 6.10 Å². The van der Waals surface area contributed by atoms with Crippen LogP contribution in [0.3, 0.4) is 0 Å². The lowest BCUT2D eigenvalue weighted by Crippen LogP contribution is -2.47. The highest BCUT2D eigenvalue weighted by molar-refractivity contribution is 5.81. The molecule has 0 bridgehead atoms. The van der Waals surface area contributed by atoms with Gasteiger partial charge in [0.2, 0.25) is 5.91 Å². The van der Waals surface area contributed by atoms with Crippen molar-refractivity contribution in [1.29, 1.82) is 0 Å².